The van der Waals surface area contributed by atoms with Crippen molar-refractivity contribution in [3.63, 3.8) is 0 Å². The van der Waals surface area contributed by atoms with E-state index in [1.54, 1.807) is 6.07 Å². The van der Waals surface area contributed by atoms with Crippen LogP contribution in [0.1, 0.15) is 11.4 Å². The predicted molar refractivity (Wildman–Crippen MR) is 234 cm³/mol. The average Bonchev–Trinajstić information content (AvgIpc) is 3.32. The summed E-state index contributed by atoms with van der Waals surface area (Å²) >= 11 is 0. The normalized spacial score (nSPS) is 10.8. The Morgan fingerprint density at radius 1 is 0.362 bits per heavy atom. The first-order chi connectivity index (χ1) is 28.6. The van der Waals surface area contributed by atoms with E-state index in [-0.39, 0.29) is 5.69 Å². The summed E-state index contributed by atoms with van der Waals surface area (Å²) in [6.07, 6.45) is 1.17. The van der Waals surface area contributed by atoms with Crippen molar-refractivity contribution in [2.45, 2.75) is 0 Å². The van der Waals surface area contributed by atoms with Crippen molar-refractivity contribution >= 4 is 6.21 Å². The molecule has 0 saturated heterocycles. The number of nitrogens with zero attached hydrogens (tertiary/aromatic N) is 5. The highest BCUT2D eigenvalue weighted by Crippen LogP contribution is 2.44. The van der Waals surface area contributed by atoms with Gasteiger partial charge in [-0.25, -0.2) is 19.9 Å². The smallest absolute Gasteiger partial charge is 0.164 e. The molecule has 0 unspecified atom stereocenters. The van der Waals surface area contributed by atoms with E-state index in [0.29, 0.717) is 23.2 Å². The van der Waals surface area contributed by atoms with Gasteiger partial charge in [-0.1, -0.05) is 164 Å². The van der Waals surface area contributed by atoms with Gasteiger partial charge in [-0.2, -0.15) is 5.26 Å². The number of pyridine rings is 1. The zero-order chi connectivity index (χ0) is 39.3. The first kappa shape index (κ1) is 35.6. The van der Waals surface area contributed by atoms with Gasteiger partial charge < -0.3 is 5.41 Å². The third-order valence-corrected chi connectivity index (χ3v) is 10.1. The van der Waals surface area contributed by atoms with Crippen LogP contribution in [0.25, 0.3) is 89.8 Å². The Morgan fingerprint density at radius 3 is 1.34 bits per heavy atom. The van der Waals surface area contributed by atoms with Gasteiger partial charge in [0.1, 0.15) is 11.8 Å². The highest BCUT2D eigenvalue weighted by molar-refractivity contribution is 5.98. The highest BCUT2D eigenvalue weighted by Gasteiger charge is 2.19. The van der Waals surface area contributed by atoms with Gasteiger partial charge in [0.25, 0.3) is 0 Å². The van der Waals surface area contributed by atoms with Crippen molar-refractivity contribution in [1.29, 1.82) is 10.7 Å². The van der Waals surface area contributed by atoms with E-state index in [9.17, 15) is 5.26 Å². The summed E-state index contributed by atoms with van der Waals surface area (Å²) in [6.45, 7) is 0. The van der Waals surface area contributed by atoms with Gasteiger partial charge in [0.2, 0.25) is 0 Å². The van der Waals surface area contributed by atoms with E-state index >= 15 is 0 Å². The predicted octanol–water partition coefficient (Wildman–Crippen LogP) is 12.5. The lowest BCUT2D eigenvalue weighted by atomic mass is 9.84. The fraction of sp³-hybridized carbons (Fsp3) is 0. The number of aromatic nitrogens is 4. The molecule has 0 saturated carbocycles. The van der Waals surface area contributed by atoms with E-state index < -0.39 is 0 Å². The van der Waals surface area contributed by atoms with E-state index in [1.807, 2.05) is 60.7 Å². The van der Waals surface area contributed by atoms with Crippen molar-refractivity contribution in [3.05, 3.63) is 206 Å². The molecule has 6 heteroatoms. The molecular formula is C52H34N6. The molecule has 0 atom stereocenters. The number of hydrogen-bond donors (Lipinski definition) is 1. The van der Waals surface area contributed by atoms with Gasteiger partial charge in [-0.05, 0) is 80.4 Å². The summed E-state index contributed by atoms with van der Waals surface area (Å²) in [7, 11) is 0. The molecule has 6 nitrogen and oxygen atoms in total. The van der Waals surface area contributed by atoms with Crippen LogP contribution in [-0.2, 0) is 0 Å². The van der Waals surface area contributed by atoms with Crippen LogP contribution in [0.15, 0.2) is 194 Å². The molecule has 0 fully saturated rings. The molecule has 2 heterocycles. The van der Waals surface area contributed by atoms with Crippen LogP contribution in [0.4, 0.5) is 0 Å². The SMILES string of the molecule is N#Cc1ccc(-c2cccc(-c3nc(-c4ccccc4)nc(-c4ccc(-c5c(-c6ccccc6)cc(-c6ccccc6)cc5-c5ccccc5)cc4)n3)c2)c(C=N)n1. The third kappa shape index (κ3) is 7.19. The largest absolute Gasteiger partial charge is 0.306 e. The maximum Gasteiger partial charge on any atom is 0.164 e. The Bertz CT molecular complexity index is 2880. The summed E-state index contributed by atoms with van der Waals surface area (Å²) in [4.78, 5) is 19.4. The molecular weight excluding hydrogens is 709 g/mol. The monoisotopic (exact) mass is 742 g/mol. The maximum absolute atomic E-state index is 9.38. The molecule has 2 aromatic heterocycles. The van der Waals surface area contributed by atoms with E-state index in [4.69, 9.17) is 20.4 Å². The highest BCUT2D eigenvalue weighted by atomic mass is 15.0. The summed E-state index contributed by atoms with van der Waals surface area (Å²) in [6, 6.07) is 68.1. The summed E-state index contributed by atoms with van der Waals surface area (Å²) in [5, 5.41) is 17.3. The van der Waals surface area contributed by atoms with Crippen LogP contribution in [0.2, 0.25) is 0 Å². The van der Waals surface area contributed by atoms with Crippen molar-refractivity contribution in [3.8, 4) is 95.9 Å². The zero-order valence-corrected chi connectivity index (χ0v) is 31.3. The molecule has 272 valence electrons. The Balaban J connectivity index is 1.18. The molecule has 0 radical (unpaired) electrons. The van der Waals surface area contributed by atoms with Gasteiger partial charge in [0.05, 0.1) is 5.69 Å². The van der Waals surface area contributed by atoms with Crippen LogP contribution >= 0.6 is 0 Å². The van der Waals surface area contributed by atoms with Gasteiger partial charge in [0.15, 0.2) is 17.5 Å². The zero-order valence-electron chi connectivity index (χ0n) is 31.3. The Morgan fingerprint density at radius 2 is 0.810 bits per heavy atom. The molecule has 0 spiro atoms. The lowest BCUT2D eigenvalue weighted by Gasteiger charge is -2.19. The van der Waals surface area contributed by atoms with E-state index in [1.165, 1.54) is 6.21 Å². The minimum absolute atomic E-state index is 0.260. The molecule has 0 bridgehead atoms. The van der Waals surface area contributed by atoms with Crippen molar-refractivity contribution in [1.82, 2.24) is 19.9 Å². The number of hydrogen-bond acceptors (Lipinski definition) is 6. The standard InChI is InChI=1S/C52H34N6/c53-33-44-28-29-45(48(34-54)55-44)41-22-13-23-42(30-41)52-57-50(39-20-11-4-12-21-39)56-51(58-52)40-26-24-38(25-27-40)49-46(36-16-7-2-8-17-36)31-43(35-14-5-1-6-15-35)32-47(49)37-18-9-3-10-19-37/h1-32,34,54H. The fourth-order valence-corrected chi connectivity index (χ4v) is 7.29. The lowest BCUT2D eigenvalue weighted by molar-refractivity contribution is 1.07. The van der Waals surface area contributed by atoms with Crippen LogP contribution < -0.4 is 0 Å². The average molecular weight is 743 g/mol. The lowest BCUT2D eigenvalue weighted by Crippen LogP contribution is -2.01. The summed E-state index contributed by atoms with van der Waals surface area (Å²) < 4.78 is 0. The summed E-state index contributed by atoms with van der Waals surface area (Å²) in [5.74, 6) is 1.62. The Labute approximate surface area is 337 Å². The van der Waals surface area contributed by atoms with Crippen molar-refractivity contribution < 1.29 is 0 Å². The van der Waals surface area contributed by atoms with Crippen LogP contribution in [-0.4, -0.2) is 26.2 Å². The fourth-order valence-electron chi connectivity index (χ4n) is 7.29. The number of benzene rings is 7. The minimum Gasteiger partial charge on any atom is -0.306 e. The minimum atomic E-state index is 0.260. The van der Waals surface area contributed by atoms with Crippen LogP contribution in [0.5, 0.6) is 0 Å². The van der Waals surface area contributed by atoms with Gasteiger partial charge in [0, 0.05) is 28.5 Å². The van der Waals surface area contributed by atoms with E-state index in [2.05, 4.69) is 138 Å². The number of rotatable bonds is 9. The number of nitrogens with one attached hydrogen (secondary N) is 1. The van der Waals surface area contributed by atoms with Crippen molar-refractivity contribution in [2.75, 3.05) is 0 Å². The Kier molecular flexibility index (Phi) is 9.76. The molecule has 0 aliphatic carbocycles. The molecule has 0 aliphatic heterocycles. The van der Waals surface area contributed by atoms with Crippen molar-refractivity contribution in [2.24, 2.45) is 0 Å². The molecule has 1 N–H and O–H groups in total. The quantitative estimate of drug-likeness (QED) is 0.148. The summed E-state index contributed by atoms with van der Waals surface area (Å²) in [5.41, 5.74) is 13.9. The molecule has 7 aromatic carbocycles. The van der Waals surface area contributed by atoms with E-state index in [0.717, 1.165) is 72.3 Å². The number of nitriles is 1. The topological polar surface area (TPSA) is 99.2 Å². The first-order valence-electron chi connectivity index (χ1n) is 18.9. The molecule has 0 aliphatic rings. The van der Waals surface area contributed by atoms with Crippen LogP contribution in [0.3, 0.4) is 0 Å². The molecule has 9 aromatic rings. The van der Waals surface area contributed by atoms with Gasteiger partial charge in [-0.3, -0.25) is 0 Å². The maximum atomic E-state index is 9.38. The first-order valence-corrected chi connectivity index (χ1v) is 18.9. The molecule has 9 rings (SSSR count). The van der Waals surface area contributed by atoms with Gasteiger partial charge >= 0.3 is 0 Å². The third-order valence-electron chi connectivity index (χ3n) is 10.1. The second kappa shape index (κ2) is 15.9. The van der Waals surface area contributed by atoms with Crippen LogP contribution in [0, 0.1) is 16.7 Å². The second-order valence-corrected chi connectivity index (χ2v) is 13.8. The molecule has 58 heavy (non-hydrogen) atoms. The Hall–Kier alpha value is -8.14. The van der Waals surface area contributed by atoms with Gasteiger partial charge in [-0.15, -0.1) is 0 Å². The molecule has 0 amide bonds. The second-order valence-electron chi connectivity index (χ2n) is 13.8.